The van der Waals surface area contributed by atoms with E-state index in [2.05, 4.69) is 56.9 Å². The van der Waals surface area contributed by atoms with Gasteiger partial charge in [-0.3, -0.25) is 4.57 Å². The van der Waals surface area contributed by atoms with Gasteiger partial charge in [0, 0.05) is 18.0 Å². The van der Waals surface area contributed by atoms with Crippen molar-refractivity contribution in [2.24, 2.45) is 0 Å². The van der Waals surface area contributed by atoms with Crippen LogP contribution < -0.4 is 5.69 Å². The molecule has 108 valence electrons. The van der Waals surface area contributed by atoms with Gasteiger partial charge >= 0.3 is 5.69 Å². The van der Waals surface area contributed by atoms with Crippen LogP contribution in [-0.2, 0) is 12.0 Å². The number of hydrogen-bond donors (Lipinski definition) is 1. The van der Waals surface area contributed by atoms with Gasteiger partial charge in [-0.1, -0.05) is 20.8 Å². The van der Waals surface area contributed by atoms with Gasteiger partial charge in [0.25, 0.3) is 0 Å². The van der Waals surface area contributed by atoms with Crippen LogP contribution in [0.2, 0.25) is 0 Å². The Kier molecular flexibility index (Phi) is 4.33. The topological polar surface area (TPSA) is 76.5 Å². The van der Waals surface area contributed by atoms with Gasteiger partial charge in [0.05, 0.1) is 0 Å². The molecule has 0 fully saturated rings. The van der Waals surface area contributed by atoms with Crippen LogP contribution in [0.15, 0.2) is 25.6 Å². The number of aromatic nitrogens is 5. The first kappa shape index (κ1) is 15.2. The third-order valence-electron chi connectivity index (χ3n) is 2.58. The monoisotopic (exact) mass is 357 g/mol. The van der Waals surface area contributed by atoms with Crippen molar-refractivity contribution in [1.82, 2.24) is 24.7 Å². The first-order chi connectivity index (χ1) is 9.31. The Morgan fingerprint density at radius 1 is 1.40 bits per heavy atom. The van der Waals surface area contributed by atoms with E-state index >= 15 is 0 Å². The van der Waals surface area contributed by atoms with Gasteiger partial charge in [-0.2, -0.15) is 0 Å². The molecule has 2 aromatic heterocycles. The average molecular weight is 358 g/mol. The van der Waals surface area contributed by atoms with Gasteiger partial charge in [-0.15, -0.1) is 5.10 Å². The molecule has 0 aliphatic carbocycles. The van der Waals surface area contributed by atoms with Crippen molar-refractivity contribution in [1.29, 1.82) is 0 Å². The number of aromatic amines is 1. The van der Waals surface area contributed by atoms with E-state index in [-0.39, 0.29) is 11.1 Å². The summed E-state index contributed by atoms with van der Waals surface area (Å²) in [6.07, 6.45) is 0. The van der Waals surface area contributed by atoms with Crippen LogP contribution >= 0.6 is 27.7 Å². The first-order valence-corrected chi connectivity index (χ1v) is 7.80. The van der Waals surface area contributed by atoms with E-state index in [0.717, 1.165) is 15.5 Å². The normalized spacial score (nSPS) is 11.8. The van der Waals surface area contributed by atoms with Gasteiger partial charge in [0.15, 0.2) is 5.16 Å². The highest BCUT2D eigenvalue weighted by atomic mass is 79.9. The number of H-pyrrole nitrogens is 1. The van der Waals surface area contributed by atoms with Crippen LogP contribution in [0.5, 0.6) is 0 Å². The predicted octanol–water partition coefficient (Wildman–Crippen LogP) is 2.59. The molecule has 20 heavy (non-hydrogen) atoms. The third kappa shape index (κ3) is 3.29. The van der Waals surface area contributed by atoms with Crippen molar-refractivity contribution >= 4 is 27.7 Å². The summed E-state index contributed by atoms with van der Waals surface area (Å²) in [4.78, 5) is 20.5. The maximum Gasteiger partial charge on any atom is 0.343 e. The van der Waals surface area contributed by atoms with Crippen molar-refractivity contribution in [3.05, 3.63) is 27.0 Å². The molecule has 0 saturated carbocycles. The Morgan fingerprint density at radius 3 is 2.70 bits per heavy atom. The smallest absolute Gasteiger partial charge is 0.270 e. The van der Waals surface area contributed by atoms with E-state index in [4.69, 9.17) is 0 Å². The van der Waals surface area contributed by atoms with Gasteiger partial charge in [0.2, 0.25) is 0 Å². The lowest BCUT2D eigenvalue weighted by Gasteiger charge is -2.17. The average Bonchev–Trinajstić information content (AvgIpc) is 2.68. The Hall–Kier alpha value is -1.15. The predicted molar refractivity (Wildman–Crippen MR) is 81.1 cm³/mol. The van der Waals surface area contributed by atoms with Crippen LogP contribution in [0.4, 0.5) is 0 Å². The molecule has 2 rings (SSSR count). The zero-order valence-electron chi connectivity index (χ0n) is 11.8. The second kappa shape index (κ2) is 5.69. The van der Waals surface area contributed by atoms with E-state index in [1.54, 1.807) is 4.57 Å². The summed E-state index contributed by atoms with van der Waals surface area (Å²) in [5, 5.41) is 7.82. The van der Waals surface area contributed by atoms with Crippen LogP contribution in [0.3, 0.4) is 0 Å². The maximum atomic E-state index is 11.5. The number of nitrogens with one attached hydrogen (secondary N) is 1. The first-order valence-electron chi connectivity index (χ1n) is 6.19. The molecule has 0 spiro atoms. The summed E-state index contributed by atoms with van der Waals surface area (Å²) >= 11 is 4.74. The van der Waals surface area contributed by atoms with Crippen molar-refractivity contribution in [2.75, 3.05) is 0 Å². The van der Waals surface area contributed by atoms with Crippen molar-refractivity contribution in [3.8, 4) is 0 Å². The molecular weight excluding hydrogens is 342 g/mol. The molecule has 0 aliphatic heterocycles. The molecule has 0 aliphatic rings. The molecule has 6 nitrogen and oxygen atoms in total. The Balaban J connectivity index is 2.39. The highest BCUT2D eigenvalue weighted by Gasteiger charge is 2.19. The minimum Gasteiger partial charge on any atom is -0.270 e. The quantitative estimate of drug-likeness (QED) is 0.854. The zero-order chi connectivity index (χ0) is 14.9. The fraction of sp³-hybridized carbons (Fsp3) is 0.500. The summed E-state index contributed by atoms with van der Waals surface area (Å²) in [5.41, 5.74) is -0.353. The van der Waals surface area contributed by atoms with Crippen molar-refractivity contribution < 1.29 is 0 Å². The molecule has 8 heteroatoms. The molecule has 0 aromatic carbocycles. The van der Waals surface area contributed by atoms with E-state index in [9.17, 15) is 4.79 Å². The number of hydrogen-bond acceptors (Lipinski definition) is 5. The zero-order valence-corrected chi connectivity index (χ0v) is 14.2. The largest absolute Gasteiger partial charge is 0.343 e. The Labute approximate surface area is 129 Å². The molecule has 2 heterocycles. The molecule has 0 amide bonds. The highest BCUT2D eigenvalue weighted by molar-refractivity contribution is 9.10. The van der Waals surface area contributed by atoms with Gasteiger partial charge in [-0.05, 0) is 34.6 Å². The molecule has 0 radical (unpaired) electrons. The molecule has 0 bridgehead atoms. The van der Waals surface area contributed by atoms with E-state index in [0.29, 0.717) is 11.7 Å². The van der Waals surface area contributed by atoms with Gasteiger partial charge < -0.3 is 0 Å². The molecule has 0 saturated heterocycles. The fourth-order valence-corrected chi connectivity index (χ4v) is 2.98. The second-order valence-electron chi connectivity index (χ2n) is 5.26. The maximum absolute atomic E-state index is 11.5. The number of nitrogens with zero attached hydrogens (tertiary/aromatic N) is 4. The number of rotatable bonds is 3. The lowest BCUT2D eigenvalue weighted by atomic mass is 9.96. The summed E-state index contributed by atoms with van der Waals surface area (Å²) in [6.45, 7) is 8.63. The minimum atomic E-state index is -0.209. The van der Waals surface area contributed by atoms with Crippen molar-refractivity contribution in [2.45, 2.75) is 49.8 Å². The summed E-state index contributed by atoms with van der Waals surface area (Å²) in [7, 11) is 0. The highest BCUT2D eigenvalue weighted by Crippen LogP contribution is 2.28. The van der Waals surface area contributed by atoms with Crippen LogP contribution in [0, 0.1) is 0 Å². The third-order valence-corrected chi connectivity index (χ3v) is 3.90. The summed E-state index contributed by atoms with van der Waals surface area (Å²) < 4.78 is 2.29. The van der Waals surface area contributed by atoms with E-state index < -0.39 is 0 Å². The molecule has 0 atom stereocenters. The molecular formula is C12H16BrN5OS. The standard InChI is InChI=1S/C12H16BrN5OS/c1-5-18-10(19)16-17-11(18)20-8-6-7(13)14-9(15-8)12(2,3)4/h6H,5H2,1-4H3,(H,16,19). The minimum absolute atomic E-state index is 0.144. The van der Waals surface area contributed by atoms with Crippen LogP contribution in [0.1, 0.15) is 33.5 Å². The second-order valence-corrected chi connectivity index (χ2v) is 7.06. The summed E-state index contributed by atoms with van der Waals surface area (Å²) in [5.74, 6) is 0.746. The van der Waals surface area contributed by atoms with Gasteiger partial charge in [-0.25, -0.2) is 19.9 Å². The van der Waals surface area contributed by atoms with Crippen molar-refractivity contribution in [3.63, 3.8) is 0 Å². The van der Waals surface area contributed by atoms with Crippen LogP contribution in [0.25, 0.3) is 0 Å². The lowest BCUT2D eigenvalue weighted by molar-refractivity contribution is 0.536. The fourth-order valence-electron chi connectivity index (χ4n) is 1.54. The van der Waals surface area contributed by atoms with E-state index in [1.165, 1.54) is 11.8 Å². The number of halogens is 1. The molecule has 1 N–H and O–H groups in total. The van der Waals surface area contributed by atoms with Gasteiger partial charge in [0.1, 0.15) is 15.5 Å². The SMILES string of the molecule is CCn1c(Sc2cc(Br)nc(C(C)(C)C)n2)n[nH]c1=O. The Morgan fingerprint density at radius 2 is 2.10 bits per heavy atom. The lowest BCUT2D eigenvalue weighted by Crippen LogP contribution is -2.17. The summed E-state index contributed by atoms with van der Waals surface area (Å²) in [6, 6.07) is 1.82. The molecule has 0 unspecified atom stereocenters. The van der Waals surface area contributed by atoms with E-state index in [1.807, 2.05) is 13.0 Å². The Bertz CT molecular complexity index is 673. The molecule has 2 aromatic rings. The van der Waals surface area contributed by atoms with Crippen LogP contribution in [-0.4, -0.2) is 24.7 Å².